The van der Waals surface area contributed by atoms with E-state index in [1.807, 2.05) is 25.3 Å². The highest BCUT2D eigenvalue weighted by Crippen LogP contribution is 2.23. The molecule has 0 amide bonds. The number of ether oxygens (including phenoxy) is 2. The van der Waals surface area contributed by atoms with Crippen LogP contribution in [-0.2, 0) is 11.3 Å². The molecule has 3 aromatic heterocycles. The number of hydrogen-bond donors (Lipinski definition) is 2. The highest BCUT2D eigenvalue weighted by atomic mass is 16.5. The quantitative estimate of drug-likeness (QED) is 0.703. The summed E-state index contributed by atoms with van der Waals surface area (Å²) < 4.78 is 12.9. The molecule has 1 saturated heterocycles. The zero-order valence-corrected chi connectivity index (χ0v) is 15.3. The van der Waals surface area contributed by atoms with Crippen LogP contribution in [0.15, 0.2) is 29.2 Å². The SMILES string of the molecule is Cc1ccc(Cn2c(=O)[nH]c3c(N)nc(OCC4CCOCC4)cc32)c[nH+]1. The van der Waals surface area contributed by atoms with Gasteiger partial charge in [0.25, 0.3) is 0 Å². The van der Waals surface area contributed by atoms with Crippen molar-refractivity contribution >= 4 is 16.9 Å². The predicted octanol–water partition coefficient (Wildman–Crippen LogP) is 1.28. The lowest BCUT2D eigenvalue weighted by Crippen LogP contribution is -2.21. The van der Waals surface area contributed by atoms with Crippen LogP contribution in [0.1, 0.15) is 24.1 Å². The van der Waals surface area contributed by atoms with Gasteiger partial charge >= 0.3 is 5.69 Å². The third kappa shape index (κ3) is 3.80. The number of aryl methyl sites for hydroxylation is 1. The molecule has 0 aliphatic carbocycles. The highest BCUT2D eigenvalue weighted by molar-refractivity contribution is 5.85. The molecule has 4 rings (SSSR count). The molecule has 0 saturated carbocycles. The molecule has 0 bridgehead atoms. The van der Waals surface area contributed by atoms with Crippen molar-refractivity contribution in [2.45, 2.75) is 26.3 Å². The zero-order chi connectivity index (χ0) is 18.8. The van der Waals surface area contributed by atoms with Crippen LogP contribution in [0.4, 0.5) is 5.82 Å². The first kappa shape index (κ1) is 17.5. The molecule has 1 aliphatic rings. The molecule has 0 aromatic carbocycles. The smallest absolute Gasteiger partial charge is 0.326 e. The number of hydrogen-bond acceptors (Lipinski definition) is 5. The van der Waals surface area contributed by atoms with Gasteiger partial charge in [0.15, 0.2) is 17.7 Å². The maximum Gasteiger partial charge on any atom is 0.326 e. The van der Waals surface area contributed by atoms with E-state index in [9.17, 15) is 4.79 Å². The maximum absolute atomic E-state index is 12.4. The standard InChI is InChI=1S/C19H23N5O3/c1-12-2-3-14(9-21-12)10-24-15-8-16(22-18(20)17(15)23-19(24)25)27-11-13-4-6-26-7-5-13/h2-3,8-9,13H,4-7,10-11H2,1H3,(H2,20,22)(H,23,25)/p+1. The van der Waals surface area contributed by atoms with E-state index in [1.54, 1.807) is 10.6 Å². The summed E-state index contributed by atoms with van der Waals surface area (Å²) in [5.74, 6) is 1.16. The van der Waals surface area contributed by atoms with E-state index in [0.29, 0.717) is 36.0 Å². The summed E-state index contributed by atoms with van der Waals surface area (Å²) in [5.41, 5.74) is 9.11. The Morgan fingerprint density at radius 1 is 1.41 bits per heavy atom. The van der Waals surface area contributed by atoms with Gasteiger partial charge in [-0.2, -0.15) is 4.98 Å². The molecule has 4 heterocycles. The van der Waals surface area contributed by atoms with Gasteiger partial charge in [-0.25, -0.2) is 9.78 Å². The minimum absolute atomic E-state index is 0.222. The second kappa shape index (κ2) is 7.40. The number of H-pyrrole nitrogens is 2. The van der Waals surface area contributed by atoms with Crippen LogP contribution in [-0.4, -0.2) is 34.4 Å². The molecule has 4 N–H and O–H groups in total. The largest absolute Gasteiger partial charge is 0.477 e. The summed E-state index contributed by atoms with van der Waals surface area (Å²) in [5, 5.41) is 0. The molecular weight excluding hydrogens is 346 g/mol. The van der Waals surface area contributed by atoms with Gasteiger partial charge in [-0.3, -0.25) is 4.57 Å². The molecule has 0 spiro atoms. The van der Waals surface area contributed by atoms with Crippen molar-refractivity contribution < 1.29 is 14.5 Å². The van der Waals surface area contributed by atoms with Gasteiger partial charge in [0.05, 0.1) is 18.7 Å². The molecular formula is C19H24N5O3+. The lowest BCUT2D eigenvalue weighted by molar-refractivity contribution is -0.388. The molecule has 3 aromatic rings. The number of rotatable bonds is 5. The fourth-order valence-corrected chi connectivity index (χ4v) is 3.31. The average molecular weight is 370 g/mol. The topological polar surface area (TPSA) is 109 Å². The van der Waals surface area contributed by atoms with E-state index in [0.717, 1.165) is 37.3 Å². The van der Waals surface area contributed by atoms with Crippen LogP contribution in [0.25, 0.3) is 11.0 Å². The minimum Gasteiger partial charge on any atom is -0.477 e. The second-order valence-corrected chi connectivity index (χ2v) is 7.00. The van der Waals surface area contributed by atoms with Gasteiger partial charge in [-0.05, 0) is 24.8 Å². The summed E-state index contributed by atoms with van der Waals surface area (Å²) in [6, 6.07) is 5.75. The number of nitrogens with two attached hydrogens (primary N) is 1. The van der Waals surface area contributed by atoms with Crippen molar-refractivity contribution in [1.29, 1.82) is 0 Å². The van der Waals surface area contributed by atoms with E-state index in [-0.39, 0.29) is 11.5 Å². The van der Waals surface area contributed by atoms with Crippen LogP contribution in [0, 0.1) is 12.8 Å². The first-order chi connectivity index (χ1) is 13.1. The maximum atomic E-state index is 12.4. The Balaban J connectivity index is 1.61. The van der Waals surface area contributed by atoms with Crippen LogP contribution >= 0.6 is 0 Å². The number of pyridine rings is 2. The fraction of sp³-hybridized carbons (Fsp3) is 0.421. The molecule has 8 heteroatoms. The van der Waals surface area contributed by atoms with E-state index >= 15 is 0 Å². The van der Waals surface area contributed by atoms with E-state index in [4.69, 9.17) is 15.2 Å². The number of aromatic amines is 2. The van der Waals surface area contributed by atoms with Gasteiger partial charge in [0, 0.05) is 37.8 Å². The van der Waals surface area contributed by atoms with Crippen molar-refractivity contribution in [1.82, 2.24) is 14.5 Å². The number of nitrogens with one attached hydrogen (secondary N) is 2. The lowest BCUT2D eigenvalue weighted by Gasteiger charge is -2.21. The van der Waals surface area contributed by atoms with Gasteiger partial charge in [0.1, 0.15) is 5.52 Å². The fourth-order valence-electron chi connectivity index (χ4n) is 3.31. The Kier molecular flexibility index (Phi) is 4.81. The highest BCUT2D eigenvalue weighted by Gasteiger charge is 2.17. The van der Waals surface area contributed by atoms with Crippen molar-refractivity contribution in [2.24, 2.45) is 5.92 Å². The Labute approximate surface area is 156 Å². The molecule has 142 valence electrons. The number of aromatic nitrogens is 4. The average Bonchev–Trinajstić information content (AvgIpc) is 2.99. The molecule has 0 atom stereocenters. The predicted molar refractivity (Wildman–Crippen MR) is 101 cm³/mol. The summed E-state index contributed by atoms with van der Waals surface area (Å²) in [4.78, 5) is 22.7. The van der Waals surface area contributed by atoms with Crippen LogP contribution < -0.4 is 21.1 Å². The first-order valence-electron chi connectivity index (χ1n) is 9.17. The number of anilines is 1. The molecule has 27 heavy (non-hydrogen) atoms. The lowest BCUT2D eigenvalue weighted by atomic mass is 10.0. The Morgan fingerprint density at radius 2 is 2.22 bits per heavy atom. The third-order valence-electron chi connectivity index (χ3n) is 4.95. The van der Waals surface area contributed by atoms with E-state index < -0.39 is 0 Å². The van der Waals surface area contributed by atoms with Crippen molar-refractivity contribution in [3.05, 3.63) is 46.1 Å². The number of nitrogens with zero attached hydrogens (tertiary/aromatic N) is 2. The summed E-state index contributed by atoms with van der Waals surface area (Å²) >= 11 is 0. The first-order valence-corrected chi connectivity index (χ1v) is 9.17. The molecule has 0 radical (unpaired) electrons. The minimum atomic E-state index is -0.222. The molecule has 1 aliphatic heterocycles. The Morgan fingerprint density at radius 3 is 2.96 bits per heavy atom. The van der Waals surface area contributed by atoms with Gasteiger partial charge < -0.3 is 20.2 Å². The summed E-state index contributed by atoms with van der Waals surface area (Å²) in [7, 11) is 0. The zero-order valence-electron chi connectivity index (χ0n) is 15.3. The Bertz CT molecular complexity index is 987. The van der Waals surface area contributed by atoms with E-state index in [2.05, 4.69) is 15.0 Å². The molecule has 1 fully saturated rings. The second-order valence-electron chi connectivity index (χ2n) is 7.00. The van der Waals surface area contributed by atoms with Crippen molar-refractivity contribution in [3.8, 4) is 5.88 Å². The summed E-state index contributed by atoms with van der Waals surface area (Å²) in [6.07, 6.45) is 3.86. The van der Waals surface area contributed by atoms with Crippen LogP contribution in [0.2, 0.25) is 0 Å². The van der Waals surface area contributed by atoms with Crippen molar-refractivity contribution in [2.75, 3.05) is 25.6 Å². The molecule has 0 unspecified atom stereocenters. The summed E-state index contributed by atoms with van der Waals surface area (Å²) in [6.45, 7) is 4.53. The van der Waals surface area contributed by atoms with Crippen LogP contribution in [0.3, 0.4) is 0 Å². The van der Waals surface area contributed by atoms with Gasteiger partial charge in [-0.15, -0.1) is 0 Å². The van der Waals surface area contributed by atoms with Gasteiger partial charge in [-0.1, -0.05) is 0 Å². The number of imidazole rings is 1. The molecule has 8 nitrogen and oxygen atoms in total. The third-order valence-corrected chi connectivity index (χ3v) is 4.95. The van der Waals surface area contributed by atoms with Crippen molar-refractivity contribution in [3.63, 3.8) is 0 Å². The monoisotopic (exact) mass is 370 g/mol. The van der Waals surface area contributed by atoms with Gasteiger partial charge in [0.2, 0.25) is 5.88 Å². The van der Waals surface area contributed by atoms with E-state index in [1.165, 1.54) is 0 Å². The normalized spacial score (nSPS) is 15.3. The number of nitrogen functional groups attached to an aromatic ring is 1. The van der Waals surface area contributed by atoms with Crippen LogP contribution in [0.5, 0.6) is 5.88 Å². The number of fused-ring (bicyclic) bond motifs is 1. The Hall–Kier alpha value is -2.87.